The Morgan fingerprint density at radius 3 is 2.67 bits per heavy atom. The zero-order valence-corrected chi connectivity index (χ0v) is 11.9. The van der Waals surface area contributed by atoms with Crippen LogP contribution in [0.5, 0.6) is 5.75 Å². The smallest absolute Gasteiger partial charge is 0.163 e. The van der Waals surface area contributed by atoms with Crippen LogP contribution in [-0.2, 0) is 0 Å². The van der Waals surface area contributed by atoms with Gasteiger partial charge in [-0.15, -0.1) is 0 Å². The van der Waals surface area contributed by atoms with Crippen LogP contribution in [0.25, 0.3) is 0 Å². The van der Waals surface area contributed by atoms with Crippen molar-refractivity contribution >= 4 is 17.5 Å². The van der Waals surface area contributed by atoms with E-state index < -0.39 is 0 Å². The maximum absolute atomic E-state index is 11.4. The number of ketones is 1. The van der Waals surface area contributed by atoms with Crippen LogP contribution < -0.4 is 4.74 Å². The molecular weight excluding hydrogens is 248 g/mol. The van der Waals surface area contributed by atoms with E-state index in [1.165, 1.54) is 6.92 Å². The lowest BCUT2D eigenvalue weighted by atomic mass is 10.1. The molecule has 2 unspecified atom stereocenters. The van der Waals surface area contributed by atoms with Gasteiger partial charge in [-0.05, 0) is 26.0 Å². The van der Waals surface area contributed by atoms with Crippen LogP contribution in [-0.4, -0.2) is 34.6 Å². The van der Waals surface area contributed by atoms with Gasteiger partial charge in [0.05, 0.1) is 18.3 Å². The third-order valence-corrected chi connectivity index (χ3v) is 3.99. The summed E-state index contributed by atoms with van der Waals surface area (Å²) in [5, 5.41) is 9.54. The molecule has 0 aromatic heterocycles. The summed E-state index contributed by atoms with van der Waals surface area (Å²) < 4.78 is 5.61. The second kappa shape index (κ2) is 7.44. The Morgan fingerprint density at radius 2 is 2.06 bits per heavy atom. The normalized spacial score (nSPS) is 14.0. The first-order chi connectivity index (χ1) is 8.52. The maximum Gasteiger partial charge on any atom is 0.163 e. The molecule has 0 aliphatic heterocycles. The lowest BCUT2D eigenvalue weighted by Crippen LogP contribution is -2.17. The number of carbonyl (C=O) groups is 1. The summed E-state index contributed by atoms with van der Waals surface area (Å²) in [6.45, 7) is 5.83. The van der Waals surface area contributed by atoms with Crippen LogP contribution in [0.15, 0.2) is 24.3 Å². The number of carbonyl (C=O) groups excluding carboxylic acids is 1. The van der Waals surface area contributed by atoms with Gasteiger partial charge in [0, 0.05) is 11.0 Å². The van der Waals surface area contributed by atoms with Gasteiger partial charge in [0.2, 0.25) is 0 Å². The zero-order chi connectivity index (χ0) is 13.5. The number of Topliss-reactive ketones (excluding diaryl/α,β-unsaturated/α-hetero) is 1. The third kappa shape index (κ3) is 4.70. The van der Waals surface area contributed by atoms with Crippen LogP contribution in [0.2, 0.25) is 0 Å². The molecule has 0 spiro atoms. The summed E-state index contributed by atoms with van der Waals surface area (Å²) >= 11 is 1.66. The molecule has 0 saturated carbocycles. The second-order valence-electron chi connectivity index (χ2n) is 4.22. The van der Waals surface area contributed by atoms with Crippen molar-refractivity contribution in [3.63, 3.8) is 0 Å². The van der Waals surface area contributed by atoms with Gasteiger partial charge in [-0.1, -0.05) is 19.1 Å². The molecule has 100 valence electrons. The number of benzene rings is 1. The predicted molar refractivity (Wildman–Crippen MR) is 75.5 cm³/mol. The average Bonchev–Trinajstić information content (AvgIpc) is 2.34. The number of hydrogen-bond donors (Lipinski definition) is 1. The Kier molecular flexibility index (Phi) is 6.22. The number of aliphatic hydroxyl groups excluding tert-OH is 1. The van der Waals surface area contributed by atoms with E-state index in [9.17, 15) is 9.90 Å². The van der Waals surface area contributed by atoms with Gasteiger partial charge in [-0.2, -0.15) is 11.8 Å². The maximum atomic E-state index is 11.4. The minimum absolute atomic E-state index is 0.00982. The van der Waals surface area contributed by atoms with E-state index in [0.717, 1.165) is 5.75 Å². The first-order valence-corrected chi connectivity index (χ1v) is 7.09. The van der Waals surface area contributed by atoms with Crippen molar-refractivity contribution in [3.05, 3.63) is 29.8 Å². The molecule has 0 heterocycles. The summed E-state index contributed by atoms with van der Waals surface area (Å²) in [6, 6.07) is 7.25. The average molecular weight is 268 g/mol. The zero-order valence-electron chi connectivity index (χ0n) is 11.1. The SMILES string of the molecule is CC(=O)c1ccccc1OCCSC(C)C(C)O. The highest BCUT2D eigenvalue weighted by Crippen LogP contribution is 2.19. The molecule has 3 nitrogen and oxygen atoms in total. The van der Waals surface area contributed by atoms with Crippen molar-refractivity contribution in [1.82, 2.24) is 0 Å². The molecule has 1 aromatic carbocycles. The molecule has 0 aliphatic carbocycles. The Morgan fingerprint density at radius 1 is 1.39 bits per heavy atom. The first-order valence-electron chi connectivity index (χ1n) is 6.04. The Hall–Kier alpha value is -1.00. The van der Waals surface area contributed by atoms with Gasteiger partial charge in [0.15, 0.2) is 5.78 Å². The molecule has 0 bridgehead atoms. The molecule has 18 heavy (non-hydrogen) atoms. The van der Waals surface area contributed by atoms with Gasteiger partial charge in [0.1, 0.15) is 5.75 Å². The molecule has 0 saturated heterocycles. The summed E-state index contributed by atoms with van der Waals surface area (Å²) in [6.07, 6.45) is -0.320. The minimum Gasteiger partial charge on any atom is -0.492 e. The van der Waals surface area contributed by atoms with Crippen molar-refractivity contribution in [3.8, 4) is 5.75 Å². The van der Waals surface area contributed by atoms with Crippen LogP contribution >= 0.6 is 11.8 Å². The van der Waals surface area contributed by atoms with E-state index in [2.05, 4.69) is 0 Å². The van der Waals surface area contributed by atoms with E-state index in [-0.39, 0.29) is 17.1 Å². The Labute approximate surface area is 113 Å². The summed E-state index contributed by atoms with van der Waals surface area (Å²) in [4.78, 5) is 11.4. The van der Waals surface area contributed by atoms with Gasteiger partial charge >= 0.3 is 0 Å². The van der Waals surface area contributed by atoms with Crippen molar-refractivity contribution in [2.75, 3.05) is 12.4 Å². The number of hydrogen-bond acceptors (Lipinski definition) is 4. The fourth-order valence-electron chi connectivity index (χ4n) is 1.41. The molecule has 2 atom stereocenters. The first kappa shape index (κ1) is 15.1. The van der Waals surface area contributed by atoms with E-state index in [4.69, 9.17) is 4.74 Å². The summed E-state index contributed by atoms with van der Waals surface area (Å²) in [7, 11) is 0. The predicted octanol–water partition coefficient (Wildman–Crippen LogP) is 2.77. The fraction of sp³-hybridized carbons (Fsp3) is 0.500. The van der Waals surface area contributed by atoms with E-state index >= 15 is 0 Å². The van der Waals surface area contributed by atoms with Crippen LogP contribution in [0.3, 0.4) is 0 Å². The van der Waals surface area contributed by atoms with Gasteiger partial charge < -0.3 is 9.84 Å². The lowest BCUT2D eigenvalue weighted by molar-refractivity contribution is 0.101. The van der Waals surface area contributed by atoms with E-state index in [1.807, 2.05) is 19.1 Å². The van der Waals surface area contributed by atoms with Crippen molar-refractivity contribution in [1.29, 1.82) is 0 Å². The largest absolute Gasteiger partial charge is 0.492 e. The van der Waals surface area contributed by atoms with Crippen molar-refractivity contribution in [2.45, 2.75) is 32.1 Å². The quantitative estimate of drug-likeness (QED) is 0.610. The molecule has 1 rings (SSSR count). The van der Waals surface area contributed by atoms with E-state index in [0.29, 0.717) is 17.9 Å². The Balaban J connectivity index is 2.42. The molecule has 0 fully saturated rings. The fourth-order valence-corrected chi connectivity index (χ4v) is 2.24. The number of aliphatic hydroxyl groups is 1. The van der Waals surface area contributed by atoms with Gasteiger partial charge in [0.25, 0.3) is 0 Å². The highest BCUT2D eigenvalue weighted by atomic mass is 32.2. The highest BCUT2D eigenvalue weighted by molar-refractivity contribution is 7.99. The highest BCUT2D eigenvalue weighted by Gasteiger charge is 2.10. The van der Waals surface area contributed by atoms with Crippen molar-refractivity contribution < 1.29 is 14.6 Å². The number of ether oxygens (including phenoxy) is 1. The molecule has 0 radical (unpaired) electrons. The van der Waals surface area contributed by atoms with Crippen LogP contribution in [0, 0.1) is 0 Å². The standard InChI is InChI=1S/C14H20O3S/c1-10(15)12(3)18-9-8-17-14-7-5-4-6-13(14)11(2)16/h4-7,10,12,15H,8-9H2,1-3H3. The van der Waals surface area contributed by atoms with Gasteiger partial charge in [-0.25, -0.2) is 0 Å². The number of para-hydroxylation sites is 1. The molecule has 0 aliphatic rings. The molecular formula is C14H20O3S. The summed E-state index contributed by atoms with van der Waals surface area (Å²) in [5.74, 6) is 1.43. The molecule has 1 N–H and O–H groups in total. The Bertz CT molecular complexity index is 390. The topological polar surface area (TPSA) is 46.5 Å². The van der Waals surface area contributed by atoms with E-state index in [1.54, 1.807) is 30.8 Å². The second-order valence-corrected chi connectivity index (χ2v) is 5.70. The minimum atomic E-state index is -0.320. The molecule has 0 amide bonds. The lowest BCUT2D eigenvalue weighted by Gasteiger charge is -2.14. The number of rotatable bonds is 7. The van der Waals surface area contributed by atoms with Crippen LogP contribution in [0.4, 0.5) is 0 Å². The third-order valence-electron chi connectivity index (χ3n) is 2.67. The van der Waals surface area contributed by atoms with Gasteiger partial charge in [-0.3, -0.25) is 4.79 Å². The monoisotopic (exact) mass is 268 g/mol. The summed E-state index contributed by atoms with van der Waals surface area (Å²) in [5.41, 5.74) is 0.617. The molecule has 1 aromatic rings. The van der Waals surface area contributed by atoms with Crippen LogP contribution in [0.1, 0.15) is 31.1 Å². The van der Waals surface area contributed by atoms with Crippen molar-refractivity contribution in [2.24, 2.45) is 0 Å². The number of thioether (sulfide) groups is 1. The molecule has 4 heteroatoms.